The van der Waals surface area contributed by atoms with Crippen molar-refractivity contribution in [2.45, 2.75) is 0 Å². The van der Waals surface area contributed by atoms with E-state index < -0.39 is 0 Å². The Morgan fingerprint density at radius 2 is 1.66 bits per heavy atom. The van der Waals surface area contributed by atoms with Crippen LogP contribution in [-0.2, 0) is 9.47 Å². The normalized spacial score (nSPS) is 10.5. The van der Waals surface area contributed by atoms with Gasteiger partial charge in [-0.2, -0.15) is 0 Å². The van der Waals surface area contributed by atoms with Crippen molar-refractivity contribution in [3.05, 3.63) is 48.3 Å². The maximum atomic E-state index is 5.70. The van der Waals surface area contributed by atoms with Gasteiger partial charge in [0.15, 0.2) is 0 Å². The third kappa shape index (κ3) is 5.57. The van der Waals surface area contributed by atoms with Crippen LogP contribution in [0.3, 0.4) is 0 Å². The number of fused-ring (bicyclic) bond motifs is 1. The van der Waals surface area contributed by atoms with Crippen molar-refractivity contribution >= 4 is 22.4 Å². The van der Waals surface area contributed by atoms with Crippen molar-refractivity contribution in [3.8, 4) is 23.8 Å². The van der Waals surface area contributed by atoms with Crippen LogP contribution in [0.2, 0.25) is 0 Å². The molecule has 7 nitrogen and oxygen atoms in total. The smallest absolute Gasteiger partial charge is 0.141 e. The Balaban J connectivity index is 1.83. The number of hydrogen-bond donors (Lipinski definition) is 1. The lowest BCUT2D eigenvalue weighted by Gasteiger charge is -2.12. The molecule has 2 aromatic carbocycles. The van der Waals surface area contributed by atoms with Crippen molar-refractivity contribution < 1.29 is 18.9 Å². The first-order chi connectivity index (χ1) is 14.2. The summed E-state index contributed by atoms with van der Waals surface area (Å²) in [6.07, 6.45) is 7.09. The third-order valence-electron chi connectivity index (χ3n) is 4.06. The van der Waals surface area contributed by atoms with Crippen molar-refractivity contribution in [1.29, 1.82) is 0 Å². The fraction of sp³-hybridized carbons (Fsp3) is 0.273. The molecule has 0 aliphatic rings. The Kier molecular flexibility index (Phi) is 7.22. The summed E-state index contributed by atoms with van der Waals surface area (Å²) in [7, 11) is 3.26. The molecule has 0 saturated heterocycles. The third-order valence-corrected chi connectivity index (χ3v) is 4.06. The molecule has 0 aliphatic carbocycles. The van der Waals surface area contributed by atoms with E-state index in [1.54, 1.807) is 14.2 Å². The number of benzene rings is 2. The highest BCUT2D eigenvalue weighted by atomic mass is 16.5. The Morgan fingerprint density at radius 1 is 0.897 bits per heavy atom. The van der Waals surface area contributed by atoms with Gasteiger partial charge in [-0.3, -0.25) is 0 Å². The molecule has 7 heteroatoms. The van der Waals surface area contributed by atoms with E-state index in [0.717, 1.165) is 22.3 Å². The minimum absolute atomic E-state index is 0.437. The van der Waals surface area contributed by atoms with Crippen LogP contribution >= 0.6 is 0 Å². The van der Waals surface area contributed by atoms with E-state index >= 15 is 0 Å². The van der Waals surface area contributed by atoms with Gasteiger partial charge in [-0.15, -0.1) is 6.42 Å². The predicted octanol–water partition coefficient (Wildman–Crippen LogP) is 3.41. The van der Waals surface area contributed by atoms with Crippen LogP contribution in [0.5, 0.6) is 11.5 Å². The van der Waals surface area contributed by atoms with E-state index in [0.29, 0.717) is 43.6 Å². The molecule has 0 unspecified atom stereocenters. The summed E-state index contributed by atoms with van der Waals surface area (Å²) in [5.41, 5.74) is 2.24. The number of ether oxygens (including phenoxy) is 4. The van der Waals surface area contributed by atoms with Crippen LogP contribution in [0.1, 0.15) is 5.56 Å². The maximum absolute atomic E-state index is 5.70. The SMILES string of the molecule is C#Cc1cc(Nc2ncnc3cc(OCCOC)ccc23)cc(OCCOC)c1. The summed E-state index contributed by atoms with van der Waals surface area (Å²) >= 11 is 0. The highest BCUT2D eigenvalue weighted by Gasteiger charge is 2.08. The molecular weight excluding hydrogens is 370 g/mol. The van der Waals surface area contributed by atoms with Gasteiger partial charge >= 0.3 is 0 Å². The number of rotatable bonds is 10. The lowest BCUT2D eigenvalue weighted by Crippen LogP contribution is -2.05. The standard InChI is InChI=1S/C22H23N3O4/c1-4-16-11-17(13-19(12-16)29-10-8-27-3)25-22-20-6-5-18(28-9-7-26-2)14-21(20)23-15-24-22/h1,5-6,11-15H,7-10H2,2-3H3,(H,23,24,25). The second-order valence-electron chi connectivity index (χ2n) is 6.10. The van der Waals surface area contributed by atoms with Crippen molar-refractivity contribution in [1.82, 2.24) is 9.97 Å². The molecule has 0 saturated carbocycles. The molecule has 0 amide bonds. The van der Waals surface area contributed by atoms with Gasteiger partial charge in [-0.1, -0.05) is 5.92 Å². The number of methoxy groups -OCH3 is 2. The van der Waals surface area contributed by atoms with E-state index in [1.807, 2.05) is 36.4 Å². The summed E-state index contributed by atoms with van der Waals surface area (Å²) in [5.74, 6) is 4.69. The molecule has 3 aromatic rings. The Labute approximate surface area is 170 Å². The Morgan fingerprint density at radius 3 is 2.38 bits per heavy atom. The number of anilines is 2. The lowest BCUT2D eigenvalue weighted by molar-refractivity contribution is 0.146. The zero-order valence-corrected chi connectivity index (χ0v) is 16.5. The Bertz CT molecular complexity index is 1000. The molecule has 0 radical (unpaired) electrons. The van der Waals surface area contributed by atoms with Gasteiger partial charge in [0.1, 0.15) is 36.9 Å². The second kappa shape index (κ2) is 10.3. The highest BCUT2D eigenvalue weighted by molar-refractivity contribution is 5.91. The number of aromatic nitrogens is 2. The summed E-state index contributed by atoms with van der Waals surface area (Å²) in [4.78, 5) is 8.71. The quantitative estimate of drug-likeness (QED) is 0.418. The van der Waals surface area contributed by atoms with Crippen LogP contribution in [0.4, 0.5) is 11.5 Å². The van der Waals surface area contributed by atoms with Gasteiger partial charge in [0.05, 0.1) is 18.7 Å². The molecule has 0 spiro atoms. The van der Waals surface area contributed by atoms with E-state index in [4.69, 9.17) is 25.4 Å². The first-order valence-corrected chi connectivity index (χ1v) is 9.10. The van der Waals surface area contributed by atoms with E-state index in [2.05, 4.69) is 21.2 Å². The predicted molar refractivity (Wildman–Crippen MR) is 112 cm³/mol. The largest absolute Gasteiger partial charge is 0.491 e. The van der Waals surface area contributed by atoms with Crippen LogP contribution in [0.15, 0.2) is 42.7 Å². The summed E-state index contributed by atoms with van der Waals surface area (Å²) < 4.78 is 21.4. The van der Waals surface area contributed by atoms with Crippen LogP contribution in [0.25, 0.3) is 10.9 Å². The lowest BCUT2D eigenvalue weighted by atomic mass is 10.2. The van der Waals surface area contributed by atoms with Gasteiger partial charge in [-0.25, -0.2) is 9.97 Å². The molecule has 1 N–H and O–H groups in total. The van der Waals surface area contributed by atoms with E-state index in [-0.39, 0.29) is 0 Å². The molecule has 29 heavy (non-hydrogen) atoms. The van der Waals surface area contributed by atoms with Gasteiger partial charge in [0.2, 0.25) is 0 Å². The summed E-state index contributed by atoms with van der Waals surface area (Å²) in [6.45, 7) is 1.93. The topological polar surface area (TPSA) is 74.7 Å². The van der Waals surface area contributed by atoms with Gasteiger partial charge < -0.3 is 24.3 Å². The zero-order valence-electron chi connectivity index (χ0n) is 16.5. The van der Waals surface area contributed by atoms with Crippen LogP contribution < -0.4 is 14.8 Å². The summed E-state index contributed by atoms with van der Waals surface area (Å²) in [5, 5.41) is 4.17. The summed E-state index contributed by atoms with van der Waals surface area (Å²) in [6, 6.07) is 11.2. The monoisotopic (exact) mass is 393 g/mol. The molecule has 0 atom stereocenters. The van der Waals surface area contributed by atoms with Crippen molar-refractivity contribution in [2.24, 2.45) is 0 Å². The first-order valence-electron chi connectivity index (χ1n) is 9.10. The van der Waals surface area contributed by atoms with Gasteiger partial charge in [0.25, 0.3) is 0 Å². The fourth-order valence-electron chi connectivity index (χ4n) is 2.69. The molecule has 3 rings (SSSR count). The average molecular weight is 393 g/mol. The molecule has 1 aromatic heterocycles. The molecule has 0 fully saturated rings. The number of nitrogens with one attached hydrogen (secondary N) is 1. The number of hydrogen-bond acceptors (Lipinski definition) is 7. The van der Waals surface area contributed by atoms with Crippen LogP contribution in [0, 0.1) is 12.3 Å². The molecule has 1 heterocycles. The molecular formula is C22H23N3O4. The van der Waals surface area contributed by atoms with Crippen molar-refractivity contribution in [2.75, 3.05) is 46.0 Å². The molecule has 0 aliphatic heterocycles. The minimum Gasteiger partial charge on any atom is -0.491 e. The average Bonchev–Trinajstić information content (AvgIpc) is 2.74. The first kappa shape index (κ1) is 20.4. The molecule has 0 bridgehead atoms. The van der Waals surface area contributed by atoms with E-state index in [1.165, 1.54) is 6.33 Å². The second-order valence-corrected chi connectivity index (χ2v) is 6.10. The highest BCUT2D eigenvalue weighted by Crippen LogP contribution is 2.28. The molecule has 150 valence electrons. The van der Waals surface area contributed by atoms with Crippen molar-refractivity contribution in [3.63, 3.8) is 0 Å². The zero-order chi connectivity index (χ0) is 20.5. The maximum Gasteiger partial charge on any atom is 0.141 e. The van der Waals surface area contributed by atoms with Gasteiger partial charge in [0, 0.05) is 43.0 Å². The fourth-order valence-corrected chi connectivity index (χ4v) is 2.69. The number of nitrogens with zero attached hydrogens (tertiary/aromatic N) is 2. The Hall–Kier alpha value is -3.34. The van der Waals surface area contributed by atoms with E-state index in [9.17, 15) is 0 Å². The minimum atomic E-state index is 0.437. The van der Waals surface area contributed by atoms with Gasteiger partial charge in [-0.05, 0) is 24.3 Å². The van der Waals surface area contributed by atoms with Crippen LogP contribution in [-0.4, -0.2) is 50.6 Å². The number of terminal acetylenes is 1.